The molecule has 0 aliphatic rings. The third-order valence-electron chi connectivity index (χ3n) is 3.01. The zero-order valence-corrected chi connectivity index (χ0v) is 14.4. The summed E-state index contributed by atoms with van der Waals surface area (Å²) in [5, 5.41) is 5.64. The van der Waals surface area contributed by atoms with Crippen molar-refractivity contribution in [2.75, 3.05) is 10.6 Å². The Labute approximate surface area is 143 Å². The fourth-order valence-corrected chi connectivity index (χ4v) is 2.25. The van der Waals surface area contributed by atoms with Crippen molar-refractivity contribution in [2.45, 2.75) is 19.8 Å². The molecule has 0 saturated heterocycles. The molecule has 0 aliphatic heterocycles. The molecule has 2 N–H and O–H groups in total. The summed E-state index contributed by atoms with van der Waals surface area (Å²) in [5.74, 6) is -0.155. The Hall–Kier alpha value is -1.89. The first-order valence-electron chi connectivity index (χ1n) is 7.05. The van der Waals surface area contributed by atoms with E-state index in [0.717, 1.165) is 15.7 Å². The zero-order chi connectivity index (χ0) is 15.9. The number of carbonyl (C=O) groups excluding carboxylic acids is 2. The van der Waals surface area contributed by atoms with Gasteiger partial charge < -0.3 is 10.6 Å². The average molecular weight is 408 g/mol. The topological polar surface area (TPSA) is 58.2 Å². The summed E-state index contributed by atoms with van der Waals surface area (Å²) in [6.45, 7) is 1.96. The van der Waals surface area contributed by atoms with E-state index in [1.165, 1.54) is 0 Å². The average Bonchev–Trinajstić information content (AvgIpc) is 2.50. The van der Waals surface area contributed by atoms with Crippen LogP contribution in [0.1, 0.15) is 30.1 Å². The number of rotatable bonds is 5. The highest BCUT2D eigenvalue weighted by atomic mass is 127. The number of hydrogen-bond acceptors (Lipinski definition) is 2. The van der Waals surface area contributed by atoms with Crippen molar-refractivity contribution in [3.05, 3.63) is 57.7 Å². The molecule has 0 fully saturated rings. The van der Waals surface area contributed by atoms with Gasteiger partial charge in [-0.1, -0.05) is 6.92 Å². The van der Waals surface area contributed by atoms with Gasteiger partial charge in [0, 0.05) is 26.9 Å². The fraction of sp³-hybridized carbons (Fsp3) is 0.176. The number of benzene rings is 2. The van der Waals surface area contributed by atoms with E-state index in [4.69, 9.17) is 0 Å². The van der Waals surface area contributed by atoms with Crippen LogP contribution in [0.4, 0.5) is 11.4 Å². The summed E-state index contributed by atoms with van der Waals surface area (Å²) in [6, 6.07) is 14.4. The molecular weight excluding hydrogens is 391 g/mol. The second-order valence-electron chi connectivity index (χ2n) is 4.84. The molecule has 2 aromatic rings. The van der Waals surface area contributed by atoms with Gasteiger partial charge in [-0.05, 0) is 77.5 Å². The number of amides is 2. The van der Waals surface area contributed by atoms with E-state index < -0.39 is 0 Å². The highest BCUT2D eigenvalue weighted by molar-refractivity contribution is 14.1. The molecule has 0 saturated carbocycles. The van der Waals surface area contributed by atoms with Gasteiger partial charge in [0.05, 0.1) is 0 Å². The molecule has 0 radical (unpaired) electrons. The van der Waals surface area contributed by atoms with E-state index >= 15 is 0 Å². The molecule has 0 unspecified atom stereocenters. The largest absolute Gasteiger partial charge is 0.326 e. The predicted molar refractivity (Wildman–Crippen MR) is 97.1 cm³/mol. The van der Waals surface area contributed by atoms with E-state index in [1.807, 2.05) is 19.1 Å². The second kappa shape index (κ2) is 7.93. The smallest absolute Gasteiger partial charge is 0.255 e. The minimum absolute atomic E-state index is 0.00169. The highest BCUT2D eigenvalue weighted by Crippen LogP contribution is 2.15. The van der Waals surface area contributed by atoms with E-state index in [-0.39, 0.29) is 11.8 Å². The summed E-state index contributed by atoms with van der Waals surface area (Å²) in [4.78, 5) is 23.6. The third-order valence-corrected chi connectivity index (χ3v) is 3.73. The molecule has 2 aromatic carbocycles. The Balaban J connectivity index is 1.97. The van der Waals surface area contributed by atoms with Crippen molar-refractivity contribution < 1.29 is 9.59 Å². The van der Waals surface area contributed by atoms with Crippen molar-refractivity contribution in [2.24, 2.45) is 0 Å². The first-order valence-corrected chi connectivity index (χ1v) is 8.13. The van der Waals surface area contributed by atoms with Gasteiger partial charge in [-0.3, -0.25) is 9.59 Å². The predicted octanol–water partition coefficient (Wildman–Crippen LogP) is 4.28. The molecule has 2 rings (SSSR count). The molecule has 0 bridgehead atoms. The lowest BCUT2D eigenvalue weighted by Crippen LogP contribution is -2.12. The van der Waals surface area contributed by atoms with E-state index in [1.54, 1.807) is 36.4 Å². The van der Waals surface area contributed by atoms with E-state index in [9.17, 15) is 9.59 Å². The quantitative estimate of drug-likeness (QED) is 0.726. The molecule has 22 heavy (non-hydrogen) atoms. The number of halogens is 1. The lowest BCUT2D eigenvalue weighted by Gasteiger charge is -2.08. The summed E-state index contributed by atoms with van der Waals surface area (Å²) >= 11 is 2.20. The Morgan fingerprint density at radius 3 is 2.00 bits per heavy atom. The normalized spacial score (nSPS) is 10.1. The van der Waals surface area contributed by atoms with Crippen LogP contribution in [0.2, 0.25) is 0 Å². The van der Waals surface area contributed by atoms with Gasteiger partial charge in [-0.15, -0.1) is 0 Å². The summed E-state index contributed by atoms with van der Waals surface area (Å²) in [5.41, 5.74) is 2.03. The SMILES string of the molecule is CCCC(=O)Nc1ccc(NC(=O)c2ccc(I)cc2)cc1. The molecule has 0 aliphatic carbocycles. The molecule has 5 heteroatoms. The lowest BCUT2D eigenvalue weighted by molar-refractivity contribution is -0.116. The van der Waals surface area contributed by atoms with Gasteiger partial charge in [-0.25, -0.2) is 0 Å². The van der Waals surface area contributed by atoms with Crippen LogP contribution in [0.3, 0.4) is 0 Å². The molecule has 114 valence electrons. The van der Waals surface area contributed by atoms with Gasteiger partial charge in [-0.2, -0.15) is 0 Å². The van der Waals surface area contributed by atoms with Gasteiger partial charge in [0.1, 0.15) is 0 Å². The van der Waals surface area contributed by atoms with Crippen molar-refractivity contribution >= 4 is 45.8 Å². The fourth-order valence-electron chi connectivity index (χ4n) is 1.89. The van der Waals surface area contributed by atoms with Gasteiger partial charge in [0.15, 0.2) is 0 Å². The van der Waals surface area contributed by atoms with Crippen molar-refractivity contribution in [1.29, 1.82) is 0 Å². The Morgan fingerprint density at radius 2 is 1.45 bits per heavy atom. The van der Waals surface area contributed by atoms with Crippen LogP contribution in [0.15, 0.2) is 48.5 Å². The van der Waals surface area contributed by atoms with Crippen molar-refractivity contribution in [3.8, 4) is 0 Å². The molecule has 0 heterocycles. The third kappa shape index (κ3) is 4.84. The maximum Gasteiger partial charge on any atom is 0.255 e. The highest BCUT2D eigenvalue weighted by Gasteiger charge is 2.06. The van der Waals surface area contributed by atoms with Crippen LogP contribution in [-0.2, 0) is 4.79 Å². The van der Waals surface area contributed by atoms with Gasteiger partial charge >= 0.3 is 0 Å². The van der Waals surface area contributed by atoms with Crippen LogP contribution in [-0.4, -0.2) is 11.8 Å². The Morgan fingerprint density at radius 1 is 0.909 bits per heavy atom. The minimum atomic E-state index is -0.154. The Bertz CT molecular complexity index is 651. The second-order valence-corrected chi connectivity index (χ2v) is 6.08. The number of nitrogens with one attached hydrogen (secondary N) is 2. The maximum absolute atomic E-state index is 12.1. The number of anilines is 2. The van der Waals surface area contributed by atoms with Crippen LogP contribution < -0.4 is 10.6 Å². The van der Waals surface area contributed by atoms with Crippen LogP contribution in [0.25, 0.3) is 0 Å². The van der Waals surface area contributed by atoms with Crippen LogP contribution in [0.5, 0.6) is 0 Å². The maximum atomic E-state index is 12.1. The van der Waals surface area contributed by atoms with Crippen LogP contribution >= 0.6 is 22.6 Å². The van der Waals surface area contributed by atoms with Crippen molar-refractivity contribution in [3.63, 3.8) is 0 Å². The standard InChI is InChI=1S/C17H17IN2O2/c1-2-3-16(21)19-14-8-10-15(11-9-14)20-17(22)12-4-6-13(18)7-5-12/h4-11H,2-3H2,1H3,(H,19,21)(H,20,22). The van der Waals surface area contributed by atoms with Crippen LogP contribution in [0, 0.1) is 3.57 Å². The molecule has 4 nitrogen and oxygen atoms in total. The van der Waals surface area contributed by atoms with E-state index in [2.05, 4.69) is 33.2 Å². The summed E-state index contributed by atoms with van der Waals surface area (Å²) in [6.07, 6.45) is 1.32. The van der Waals surface area contributed by atoms with E-state index in [0.29, 0.717) is 17.7 Å². The first-order chi connectivity index (χ1) is 10.6. The number of carbonyl (C=O) groups is 2. The zero-order valence-electron chi connectivity index (χ0n) is 12.2. The van der Waals surface area contributed by atoms with Gasteiger partial charge in [0.2, 0.25) is 5.91 Å². The molecule has 2 amide bonds. The molecule has 0 aromatic heterocycles. The Kier molecular flexibility index (Phi) is 5.94. The lowest BCUT2D eigenvalue weighted by atomic mass is 10.2. The molecule has 0 atom stereocenters. The molecule has 0 spiro atoms. The minimum Gasteiger partial charge on any atom is -0.326 e. The number of hydrogen-bond donors (Lipinski definition) is 2. The first kappa shape index (κ1) is 16.5. The summed E-state index contributed by atoms with van der Waals surface area (Å²) < 4.78 is 1.08. The monoisotopic (exact) mass is 408 g/mol. The van der Waals surface area contributed by atoms with Gasteiger partial charge in [0.25, 0.3) is 5.91 Å². The summed E-state index contributed by atoms with van der Waals surface area (Å²) in [7, 11) is 0. The van der Waals surface area contributed by atoms with Crippen molar-refractivity contribution in [1.82, 2.24) is 0 Å². The molecular formula is C17H17IN2O2.